The van der Waals surface area contributed by atoms with Gasteiger partial charge in [0.05, 0.1) is 13.2 Å². The summed E-state index contributed by atoms with van der Waals surface area (Å²) in [6.45, 7) is 4.42. The van der Waals surface area contributed by atoms with Crippen LogP contribution in [0.25, 0.3) is 0 Å². The van der Waals surface area contributed by atoms with Gasteiger partial charge >= 0.3 is 5.97 Å². The van der Waals surface area contributed by atoms with Gasteiger partial charge in [0.1, 0.15) is 11.3 Å². The van der Waals surface area contributed by atoms with Crippen LogP contribution in [0.3, 0.4) is 0 Å². The highest BCUT2D eigenvalue weighted by Gasteiger charge is 2.47. The van der Waals surface area contributed by atoms with E-state index in [1.165, 1.54) is 0 Å². The standard InChI is InChI=1S/C13H17NO3/c1-3-16-12(15)13(14)9(2)8-17-11-7-5-4-6-10(11)13/h4-7,9H,3,8,14H2,1-2H3. The van der Waals surface area contributed by atoms with Crippen molar-refractivity contribution in [3.63, 3.8) is 0 Å². The Hall–Kier alpha value is -1.55. The smallest absolute Gasteiger partial charge is 0.331 e. The predicted molar refractivity (Wildman–Crippen MR) is 63.6 cm³/mol. The van der Waals surface area contributed by atoms with Crippen molar-refractivity contribution >= 4 is 5.97 Å². The van der Waals surface area contributed by atoms with Crippen molar-refractivity contribution in [2.45, 2.75) is 19.4 Å². The molecule has 2 rings (SSSR count). The van der Waals surface area contributed by atoms with E-state index in [-0.39, 0.29) is 11.9 Å². The number of esters is 1. The van der Waals surface area contributed by atoms with Gasteiger partial charge in [-0.3, -0.25) is 0 Å². The summed E-state index contributed by atoms with van der Waals surface area (Å²) in [5.41, 5.74) is 5.89. The van der Waals surface area contributed by atoms with Crippen LogP contribution in [0.15, 0.2) is 24.3 Å². The van der Waals surface area contributed by atoms with E-state index in [2.05, 4.69) is 0 Å². The van der Waals surface area contributed by atoms with Crippen LogP contribution < -0.4 is 10.5 Å². The second-order valence-corrected chi connectivity index (χ2v) is 4.30. The third kappa shape index (κ3) is 1.78. The predicted octanol–water partition coefficient (Wildman–Crippen LogP) is 1.43. The van der Waals surface area contributed by atoms with Crippen LogP contribution in [-0.4, -0.2) is 19.2 Å². The number of carbonyl (C=O) groups is 1. The van der Waals surface area contributed by atoms with Gasteiger partial charge in [0, 0.05) is 11.5 Å². The Labute approximate surface area is 101 Å². The number of benzene rings is 1. The quantitative estimate of drug-likeness (QED) is 0.788. The lowest BCUT2D eigenvalue weighted by molar-refractivity contribution is -0.153. The Morgan fingerprint density at radius 3 is 3.00 bits per heavy atom. The molecule has 2 unspecified atom stereocenters. The second kappa shape index (κ2) is 4.37. The van der Waals surface area contributed by atoms with Gasteiger partial charge in [-0.25, -0.2) is 4.79 Å². The Kier molecular flexibility index (Phi) is 3.07. The fraction of sp³-hybridized carbons (Fsp3) is 0.462. The summed E-state index contributed by atoms with van der Waals surface area (Å²) in [5, 5.41) is 0. The molecule has 0 saturated heterocycles. The van der Waals surface area contributed by atoms with E-state index in [9.17, 15) is 4.79 Å². The number of ether oxygens (including phenoxy) is 2. The Morgan fingerprint density at radius 2 is 2.29 bits per heavy atom. The maximum atomic E-state index is 12.1. The van der Waals surface area contributed by atoms with Crippen LogP contribution in [0, 0.1) is 5.92 Å². The zero-order chi connectivity index (χ0) is 12.5. The summed E-state index contributed by atoms with van der Waals surface area (Å²) < 4.78 is 10.7. The second-order valence-electron chi connectivity index (χ2n) is 4.30. The molecule has 0 aliphatic carbocycles. The molecule has 0 radical (unpaired) electrons. The first-order valence-corrected chi connectivity index (χ1v) is 5.79. The first kappa shape index (κ1) is 11.9. The van der Waals surface area contributed by atoms with Gasteiger partial charge in [0.15, 0.2) is 0 Å². The van der Waals surface area contributed by atoms with Gasteiger partial charge in [-0.2, -0.15) is 0 Å². The van der Waals surface area contributed by atoms with Crippen molar-refractivity contribution < 1.29 is 14.3 Å². The number of carbonyl (C=O) groups excluding carboxylic acids is 1. The molecule has 1 aromatic carbocycles. The number of nitrogens with two attached hydrogens (primary N) is 1. The summed E-state index contributed by atoms with van der Waals surface area (Å²) in [6, 6.07) is 7.35. The number of hydrogen-bond donors (Lipinski definition) is 1. The summed E-state index contributed by atoms with van der Waals surface area (Å²) >= 11 is 0. The lowest BCUT2D eigenvalue weighted by Crippen LogP contribution is -2.55. The van der Waals surface area contributed by atoms with E-state index in [4.69, 9.17) is 15.2 Å². The normalized spacial score (nSPS) is 26.9. The molecule has 0 spiro atoms. The Morgan fingerprint density at radius 1 is 1.59 bits per heavy atom. The van der Waals surface area contributed by atoms with Gasteiger partial charge in [-0.1, -0.05) is 25.1 Å². The largest absolute Gasteiger partial charge is 0.493 e. The van der Waals surface area contributed by atoms with Crippen LogP contribution in [0.4, 0.5) is 0 Å². The molecule has 0 fully saturated rings. The van der Waals surface area contributed by atoms with Gasteiger partial charge in [-0.05, 0) is 13.0 Å². The first-order chi connectivity index (χ1) is 8.10. The zero-order valence-corrected chi connectivity index (χ0v) is 10.1. The topological polar surface area (TPSA) is 61.5 Å². The number of hydrogen-bond acceptors (Lipinski definition) is 4. The molecule has 0 saturated carbocycles. The highest BCUT2D eigenvalue weighted by Crippen LogP contribution is 2.39. The maximum absolute atomic E-state index is 12.1. The molecule has 4 nitrogen and oxygen atoms in total. The van der Waals surface area contributed by atoms with Crippen molar-refractivity contribution in [3.05, 3.63) is 29.8 Å². The van der Waals surface area contributed by atoms with Gasteiger partial charge < -0.3 is 15.2 Å². The minimum absolute atomic E-state index is 0.114. The third-order valence-corrected chi connectivity index (χ3v) is 3.21. The van der Waals surface area contributed by atoms with Crippen LogP contribution in [-0.2, 0) is 15.1 Å². The average molecular weight is 235 g/mol. The summed E-state index contributed by atoms with van der Waals surface area (Å²) in [5.74, 6) is 0.167. The van der Waals surface area contributed by atoms with Crippen molar-refractivity contribution in [2.75, 3.05) is 13.2 Å². The Balaban J connectivity index is 2.48. The summed E-state index contributed by atoms with van der Waals surface area (Å²) in [7, 11) is 0. The molecule has 17 heavy (non-hydrogen) atoms. The van der Waals surface area contributed by atoms with Gasteiger partial charge in [0.25, 0.3) is 0 Å². The molecule has 4 heteroatoms. The highest BCUT2D eigenvalue weighted by molar-refractivity contribution is 5.84. The van der Waals surface area contributed by atoms with E-state index >= 15 is 0 Å². The highest BCUT2D eigenvalue weighted by atomic mass is 16.5. The van der Waals surface area contributed by atoms with Crippen molar-refractivity contribution in [1.29, 1.82) is 0 Å². The summed E-state index contributed by atoms with van der Waals surface area (Å²) in [6.07, 6.45) is 0. The molecular weight excluding hydrogens is 218 g/mol. The van der Waals surface area contributed by atoms with E-state index < -0.39 is 5.54 Å². The molecular formula is C13H17NO3. The molecule has 0 aromatic heterocycles. The molecule has 2 atom stereocenters. The minimum Gasteiger partial charge on any atom is -0.493 e. The van der Waals surface area contributed by atoms with Crippen molar-refractivity contribution in [3.8, 4) is 5.75 Å². The van der Waals surface area contributed by atoms with Crippen LogP contribution in [0.1, 0.15) is 19.4 Å². The molecule has 0 amide bonds. The molecule has 1 aromatic rings. The monoisotopic (exact) mass is 235 g/mol. The van der Waals surface area contributed by atoms with Gasteiger partial charge in [-0.15, -0.1) is 0 Å². The fourth-order valence-electron chi connectivity index (χ4n) is 2.11. The summed E-state index contributed by atoms with van der Waals surface area (Å²) in [4.78, 5) is 12.1. The average Bonchev–Trinajstić information content (AvgIpc) is 2.34. The van der Waals surface area contributed by atoms with E-state index in [1.54, 1.807) is 6.92 Å². The van der Waals surface area contributed by atoms with Crippen LogP contribution >= 0.6 is 0 Å². The van der Waals surface area contributed by atoms with Crippen LogP contribution in [0.5, 0.6) is 5.75 Å². The lowest BCUT2D eigenvalue weighted by atomic mass is 9.78. The Bertz CT molecular complexity index is 432. The third-order valence-electron chi connectivity index (χ3n) is 3.21. The number of fused-ring (bicyclic) bond motifs is 1. The lowest BCUT2D eigenvalue weighted by Gasteiger charge is -2.38. The molecule has 1 aliphatic heterocycles. The fourth-order valence-corrected chi connectivity index (χ4v) is 2.11. The van der Waals surface area contributed by atoms with E-state index in [0.717, 1.165) is 0 Å². The number of para-hydroxylation sites is 1. The first-order valence-electron chi connectivity index (χ1n) is 5.79. The van der Waals surface area contributed by atoms with E-state index in [1.807, 2.05) is 31.2 Å². The molecule has 0 bridgehead atoms. The SMILES string of the molecule is CCOC(=O)C1(N)c2ccccc2OCC1C. The maximum Gasteiger partial charge on any atom is 0.331 e. The molecule has 92 valence electrons. The van der Waals surface area contributed by atoms with E-state index in [0.29, 0.717) is 24.5 Å². The van der Waals surface area contributed by atoms with Gasteiger partial charge in [0.2, 0.25) is 0 Å². The van der Waals surface area contributed by atoms with Crippen LogP contribution in [0.2, 0.25) is 0 Å². The minimum atomic E-state index is -1.11. The van der Waals surface area contributed by atoms with Crippen molar-refractivity contribution in [1.82, 2.24) is 0 Å². The molecule has 2 N–H and O–H groups in total. The molecule has 1 aliphatic rings. The van der Waals surface area contributed by atoms with Crippen molar-refractivity contribution in [2.24, 2.45) is 11.7 Å². The number of rotatable bonds is 2. The zero-order valence-electron chi connectivity index (χ0n) is 10.1. The molecule has 1 heterocycles.